The van der Waals surface area contributed by atoms with Crippen molar-refractivity contribution in [3.05, 3.63) is 30.6 Å². The number of imidazole rings is 1. The minimum absolute atomic E-state index is 0.438. The van der Waals surface area contributed by atoms with Gasteiger partial charge in [-0.1, -0.05) is 0 Å². The normalized spacial score (nSPS) is 11.0. The molecule has 1 N–H and O–H groups in total. The highest BCUT2D eigenvalue weighted by Gasteiger charge is 2.05. The summed E-state index contributed by atoms with van der Waals surface area (Å²) in [4.78, 5) is 4.16. The highest BCUT2D eigenvalue weighted by atomic mass is 15.3. The highest BCUT2D eigenvalue weighted by Crippen LogP contribution is 2.11. The molecule has 2 aromatic rings. The Morgan fingerprint density at radius 1 is 1.38 bits per heavy atom. The zero-order valence-electron chi connectivity index (χ0n) is 9.88. The maximum absolute atomic E-state index is 4.16. The van der Waals surface area contributed by atoms with Crippen molar-refractivity contribution in [2.45, 2.75) is 26.4 Å². The second kappa shape index (κ2) is 4.38. The monoisotopic (exact) mass is 219 g/mol. The van der Waals surface area contributed by atoms with E-state index in [0.29, 0.717) is 6.04 Å². The Labute approximate surface area is 95.1 Å². The zero-order valence-corrected chi connectivity index (χ0v) is 9.88. The van der Waals surface area contributed by atoms with Gasteiger partial charge in [0.1, 0.15) is 0 Å². The summed E-state index contributed by atoms with van der Waals surface area (Å²) in [5, 5.41) is 7.42. The maximum atomic E-state index is 4.16. The van der Waals surface area contributed by atoms with E-state index in [9.17, 15) is 0 Å². The lowest BCUT2D eigenvalue weighted by atomic mass is 10.3. The van der Waals surface area contributed by atoms with Crippen LogP contribution in [0.5, 0.6) is 0 Å². The smallest absolute Gasteiger partial charge is 0.0951 e. The Morgan fingerprint density at radius 2 is 2.19 bits per heavy atom. The van der Waals surface area contributed by atoms with E-state index in [4.69, 9.17) is 0 Å². The average molecular weight is 219 g/mol. The van der Waals surface area contributed by atoms with Gasteiger partial charge in [0.05, 0.1) is 30.5 Å². The van der Waals surface area contributed by atoms with Crippen LogP contribution in [0.25, 0.3) is 0 Å². The standard InChI is InChI=1S/C11H17N5/c1-9(2)16-8-12-5-11(16)6-13-10-4-14-15(3)7-10/h4-5,7-9,13H,6H2,1-3H3. The Hall–Kier alpha value is -1.78. The molecule has 2 heterocycles. The number of hydrogen-bond acceptors (Lipinski definition) is 3. The van der Waals surface area contributed by atoms with E-state index in [2.05, 4.69) is 33.8 Å². The van der Waals surface area contributed by atoms with Gasteiger partial charge in [-0.3, -0.25) is 4.68 Å². The molecule has 0 fully saturated rings. The summed E-state index contributed by atoms with van der Waals surface area (Å²) < 4.78 is 3.94. The summed E-state index contributed by atoms with van der Waals surface area (Å²) >= 11 is 0. The largest absolute Gasteiger partial charge is 0.377 e. The van der Waals surface area contributed by atoms with Gasteiger partial charge in [0.15, 0.2) is 0 Å². The van der Waals surface area contributed by atoms with Crippen molar-refractivity contribution in [1.82, 2.24) is 19.3 Å². The molecule has 0 aliphatic heterocycles. The SMILES string of the molecule is CC(C)n1cncc1CNc1cnn(C)c1. The summed E-state index contributed by atoms with van der Waals surface area (Å²) in [7, 11) is 1.91. The lowest BCUT2D eigenvalue weighted by Gasteiger charge is -2.11. The second-order valence-corrected chi connectivity index (χ2v) is 4.14. The molecule has 0 aliphatic rings. The third kappa shape index (κ3) is 2.24. The molecule has 16 heavy (non-hydrogen) atoms. The molecule has 2 aromatic heterocycles. The molecular weight excluding hydrogens is 202 g/mol. The van der Waals surface area contributed by atoms with Gasteiger partial charge in [-0.15, -0.1) is 0 Å². The first-order valence-electron chi connectivity index (χ1n) is 5.40. The van der Waals surface area contributed by atoms with Gasteiger partial charge in [0, 0.05) is 25.5 Å². The van der Waals surface area contributed by atoms with Crippen LogP contribution in [0.4, 0.5) is 5.69 Å². The van der Waals surface area contributed by atoms with Crippen LogP contribution in [-0.2, 0) is 13.6 Å². The van der Waals surface area contributed by atoms with Crippen molar-refractivity contribution in [2.24, 2.45) is 7.05 Å². The van der Waals surface area contributed by atoms with Crippen molar-refractivity contribution in [1.29, 1.82) is 0 Å². The number of aromatic nitrogens is 4. The van der Waals surface area contributed by atoms with E-state index in [1.54, 1.807) is 4.68 Å². The van der Waals surface area contributed by atoms with Crippen LogP contribution in [0.3, 0.4) is 0 Å². The minimum atomic E-state index is 0.438. The Morgan fingerprint density at radius 3 is 2.81 bits per heavy atom. The summed E-state index contributed by atoms with van der Waals surface area (Å²) in [5.41, 5.74) is 2.21. The molecule has 0 unspecified atom stereocenters. The number of anilines is 1. The first-order valence-corrected chi connectivity index (χ1v) is 5.40. The van der Waals surface area contributed by atoms with Crippen LogP contribution >= 0.6 is 0 Å². The quantitative estimate of drug-likeness (QED) is 0.853. The van der Waals surface area contributed by atoms with Crippen LogP contribution < -0.4 is 5.32 Å². The van der Waals surface area contributed by atoms with Crippen LogP contribution in [0.2, 0.25) is 0 Å². The molecule has 2 rings (SSSR count). The molecular formula is C11H17N5. The van der Waals surface area contributed by atoms with Gasteiger partial charge in [-0.2, -0.15) is 5.10 Å². The molecule has 0 saturated carbocycles. The fourth-order valence-corrected chi connectivity index (χ4v) is 1.64. The number of nitrogens with one attached hydrogen (secondary N) is 1. The molecule has 5 heteroatoms. The van der Waals surface area contributed by atoms with Crippen molar-refractivity contribution < 1.29 is 0 Å². The van der Waals surface area contributed by atoms with Gasteiger partial charge in [-0.05, 0) is 13.8 Å². The molecule has 0 aromatic carbocycles. The van der Waals surface area contributed by atoms with Crippen molar-refractivity contribution in [3.63, 3.8) is 0 Å². The van der Waals surface area contributed by atoms with Gasteiger partial charge >= 0.3 is 0 Å². The summed E-state index contributed by atoms with van der Waals surface area (Å²) in [6, 6.07) is 0.438. The molecule has 0 amide bonds. The molecule has 86 valence electrons. The maximum Gasteiger partial charge on any atom is 0.0951 e. The molecule has 0 spiro atoms. The van der Waals surface area contributed by atoms with E-state index >= 15 is 0 Å². The van der Waals surface area contributed by atoms with Crippen molar-refractivity contribution in [2.75, 3.05) is 5.32 Å². The summed E-state index contributed by atoms with van der Waals surface area (Å²) in [5.74, 6) is 0. The molecule has 0 bridgehead atoms. The molecule has 0 radical (unpaired) electrons. The minimum Gasteiger partial charge on any atom is -0.377 e. The highest BCUT2D eigenvalue weighted by molar-refractivity contribution is 5.38. The van der Waals surface area contributed by atoms with Crippen LogP contribution in [-0.4, -0.2) is 19.3 Å². The average Bonchev–Trinajstić information content (AvgIpc) is 2.83. The fraction of sp³-hybridized carbons (Fsp3) is 0.455. The van der Waals surface area contributed by atoms with Gasteiger partial charge < -0.3 is 9.88 Å². The molecule has 0 aliphatic carbocycles. The first-order chi connectivity index (χ1) is 7.66. The number of aryl methyl sites for hydroxylation is 1. The summed E-state index contributed by atoms with van der Waals surface area (Å²) in [6.45, 7) is 5.06. The second-order valence-electron chi connectivity index (χ2n) is 4.14. The topological polar surface area (TPSA) is 47.7 Å². The van der Waals surface area contributed by atoms with E-state index in [-0.39, 0.29) is 0 Å². The number of rotatable bonds is 4. The van der Waals surface area contributed by atoms with E-state index in [1.165, 1.54) is 5.69 Å². The third-order valence-electron chi connectivity index (χ3n) is 2.48. The first kappa shape index (κ1) is 10.7. The predicted octanol–water partition coefficient (Wildman–Crippen LogP) is 1.81. The fourth-order valence-electron chi connectivity index (χ4n) is 1.64. The number of hydrogen-bond donors (Lipinski definition) is 1. The lowest BCUT2D eigenvalue weighted by molar-refractivity contribution is 0.577. The van der Waals surface area contributed by atoms with E-state index in [0.717, 1.165) is 12.2 Å². The van der Waals surface area contributed by atoms with Gasteiger partial charge in [0.2, 0.25) is 0 Å². The molecule has 0 atom stereocenters. The van der Waals surface area contributed by atoms with Crippen molar-refractivity contribution in [3.8, 4) is 0 Å². The van der Waals surface area contributed by atoms with E-state index < -0.39 is 0 Å². The summed E-state index contributed by atoms with van der Waals surface area (Å²) in [6.07, 6.45) is 7.53. The van der Waals surface area contributed by atoms with Crippen LogP contribution in [0, 0.1) is 0 Å². The Kier molecular flexibility index (Phi) is 2.94. The van der Waals surface area contributed by atoms with Crippen LogP contribution in [0.15, 0.2) is 24.9 Å². The van der Waals surface area contributed by atoms with Gasteiger partial charge in [-0.25, -0.2) is 4.98 Å². The zero-order chi connectivity index (χ0) is 11.5. The predicted molar refractivity (Wildman–Crippen MR) is 63.1 cm³/mol. The Bertz CT molecular complexity index is 454. The molecule has 0 saturated heterocycles. The van der Waals surface area contributed by atoms with E-state index in [1.807, 2.05) is 32.0 Å². The number of nitrogens with zero attached hydrogens (tertiary/aromatic N) is 4. The Balaban J connectivity index is 2.02. The van der Waals surface area contributed by atoms with Crippen molar-refractivity contribution >= 4 is 5.69 Å². The molecule has 5 nitrogen and oxygen atoms in total. The van der Waals surface area contributed by atoms with Gasteiger partial charge in [0.25, 0.3) is 0 Å². The van der Waals surface area contributed by atoms with Crippen LogP contribution in [0.1, 0.15) is 25.6 Å². The third-order valence-corrected chi connectivity index (χ3v) is 2.48. The lowest BCUT2D eigenvalue weighted by Crippen LogP contribution is -2.08.